The monoisotopic (exact) mass is 374 g/mol. The molecule has 12 heteroatoms. The number of methoxy groups -OCH3 is 1. The van der Waals surface area contributed by atoms with Crippen molar-refractivity contribution in [3.63, 3.8) is 0 Å². The normalized spacial score (nSPS) is 11.9. The smallest absolute Gasteiger partial charge is 0.464 e. The number of esters is 1. The molecule has 1 rings (SSSR count). The largest absolute Gasteiger partial charge is 0.573 e. The Morgan fingerprint density at radius 3 is 2.46 bits per heavy atom. The highest BCUT2D eigenvalue weighted by atomic mass is 32.2. The predicted molar refractivity (Wildman–Crippen MR) is 72.3 cm³/mol. The van der Waals surface area contributed by atoms with Crippen LogP contribution in [0.1, 0.15) is 10.4 Å². The molecule has 0 bridgehead atoms. The summed E-state index contributed by atoms with van der Waals surface area (Å²) in [5.74, 6) is -2.98. The number of rotatable bonds is 8. The first-order valence-electron chi connectivity index (χ1n) is 6.15. The number of ether oxygens (including phenoxy) is 4. The van der Waals surface area contributed by atoms with Crippen molar-refractivity contribution in [2.45, 2.75) is 6.36 Å². The van der Waals surface area contributed by atoms with Gasteiger partial charge in [0.05, 0.1) is 5.56 Å². The van der Waals surface area contributed by atoms with Crippen molar-refractivity contribution in [1.82, 2.24) is 0 Å². The summed E-state index contributed by atoms with van der Waals surface area (Å²) in [4.78, 5) is 11.7. The number of carbonyl (C=O) groups excluding carboxylic acids is 1. The summed E-state index contributed by atoms with van der Waals surface area (Å²) in [6.07, 6.45) is -4.97. The standard InChI is InChI=1S/C12H13F3O8S/c1-20-7-22-10-6-8(2-3-9(10)23-12(13,14)15)11(16)21-4-5-24(17,18)19/h2-3,6H,4-5,7H2,1H3,(H,17,18,19). The summed E-state index contributed by atoms with van der Waals surface area (Å²) in [5, 5.41) is 0. The van der Waals surface area contributed by atoms with Crippen LogP contribution in [0.2, 0.25) is 0 Å². The molecule has 0 radical (unpaired) electrons. The van der Waals surface area contributed by atoms with Gasteiger partial charge in [0.2, 0.25) is 0 Å². The quantitative estimate of drug-likeness (QED) is 0.415. The SMILES string of the molecule is COCOc1cc(C(=O)OCCS(=O)(=O)O)ccc1OC(F)(F)F. The number of hydrogen-bond donors (Lipinski definition) is 1. The van der Waals surface area contributed by atoms with Crippen LogP contribution in [-0.2, 0) is 19.6 Å². The van der Waals surface area contributed by atoms with Crippen molar-refractivity contribution in [1.29, 1.82) is 0 Å². The number of carbonyl (C=O) groups is 1. The fourth-order valence-electron chi connectivity index (χ4n) is 1.40. The predicted octanol–water partition coefficient (Wildman–Crippen LogP) is 1.61. The van der Waals surface area contributed by atoms with Crippen LogP contribution < -0.4 is 9.47 Å². The molecule has 0 aliphatic heterocycles. The van der Waals surface area contributed by atoms with Gasteiger partial charge in [-0.2, -0.15) is 8.42 Å². The van der Waals surface area contributed by atoms with Crippen molar-refractivity contribution < 1.29 is 49.9 Å². The Morgan fingerprint density at radius 1 is 1.25 bits per heavy atom. The summed E-state index contributed by atoms with van der Waals surface area (Å²) in [6.45, 7) is -1.04. The van der Waals surface area contributed by atoms with E-state index in [0.29, 0.717) is 0 Å². The van der Waals surface area contributed by atoms with E-state index in [1.165, 1.54) is 7.11 Å². The zero-order chi connectivity index (χ0) is 18.4. The third kappa shape index (κ3) is 7.48. The second kappa shape index (κ2) is 8.17. The van der Waals surface area contributed by atoms with Gasteiger partial charge in [-0.25, -0.2) is 4.79 Å². The Labute approximate surface area is 134 Å². The van der Waals surface area contributed by atoms with Crippen LogP contribution in [0.25, 0.3) is 0 Å². The van der Waals surface area contributed by atoms with E-state index in [1.54, 1.807) is 0 Å². The molecule has 1 N–H and O–H groups in total. The molecule has 0 fully saturated rings. The Morgan fingerprint density at radius 2 is 1.92 bits per heavy atom. The van der Waals surface area contributed by atoms with Crippen LogP contribution in [0.15, 0.2) is 18.2 Å². The van der Waals surface area contributed by atoms with Crippen LogP contribution in [0.4, 0.5) is 13.2 Å². The molecular formula is C12H13F3O8S. The van der Waals surface area contributed by atoms with Gasteiger partial charge in [-0.1, -0.05) is 0 Å². The highest BCUT2D eigenvalue weighted by Crippen LogP contribution is 2.33. The molecule has 0 amide bonds. The molecule has 0 saturated heterocycles. The van der Waals surface area contributed by atoms with E-state index in [1.807, 2.05) is 0 Å². The van der Waals surface area contributed by atoms with Crippen molar-refractivity contribution in [3.05, 3.63) is 23.8 Å². The molecule has 8 nitrogen and oxygen atoms in total. The van der Waals surface area contributed by atoms with Gasteiger partial charge < -0.3 is 18.9 Å². The Bertz CT molecular complexity index is 671. The Hall–Kier alpha value is -2.05. The van der Waals surface area contributed by atoms with E-state index in [-0.39, 0.29) is 5.56 Å². The van der Waals surface area contributed by atoms with Crippen molar-refractivity contribution in [2.24, 2.45) is 0 Å². The zero-order valence-corrected chi connectivity index (χ0v) is 13.0. The fraction of sp³-hybridized carbons (Fsp3) is 0.417. The third-order valence-corrected chi connectivity index (χ3v) is 2.99. The molecule has 0 aliphatic rings. The van der Waals surface area contributed by atoms with Gasteiger partial charge in [-0.05, 0) is 18.2 Å². The van der Waals surface area contributed by atoms with Gasteiger partial charge in [0.15, 0.2) is 18.3 Å². The van der Waals surface area contributed by atoms with Crippen molar-refractivity contribution in [2.75, 3.05) is 26.3 Å². The molecule has 0 saturated carbocycles. The van der Waals surface area contributed by atoms with Crippen LogP contribution in [0.5, 0.6) is 11.5 Å². The van der Waals surface area contributed by atoms with E-state index in [9.17, 15) is 26.4 Å². The molecule has 0 heterocycles. The summed E-state index contributed by atoms with van der Waals surface area (Å²) < 4.78 is 84.2. The lowest BCUT2D eigenvalue weighted by atomic mass is 10.2. The Kier molecular flexibility index (Phi) is 6.81. The molecule has 0 unspecified atom stereocenters. The highest BCUT2D eigenvalue weighted by molar-refractivity contribution is 7.85. The van der Waals surface area contributed by atoms with Gasteiger partial charge in [-0.15, -0.1) is 13.2 Å². The molecular weight excluding hydrogens is 361 g/mol. The summed E-state index contributed by atoms with van der Waals surface area (Å²) in [6, 6.07) is 2.71. The molecule has 1 aromatic carbocycles. The van der Waals surface area contributed by atoms with E-state index in [0.717, 1.165) is 18.2 Å². The van der Waals surface area contributed by atoms with Gasteiger partial charge >= 0.3 is 12.3 Å². The van der Waals surface area contributed by atoms with E-state index >= 15 is 0 Å². The van der Waals surface area contributed by atoms with Crippen molar-refractivity contribution >= 4 is 16.1 Å². The second-order valence-corrected chi connectivity index (χ2v) is 5.75. The maximum Gasteiger partial charge on any atom is 0.573 e. The molecule has 0 aromatic heterocycles. The van der Waals surface area contributed by atoms with Crippen molar-refractivity contribution in [3.8, 4) is 11.5 Å². The summed E-state index contributed by atoms with van der Waals surface area (Å²) in [7, 11) is -3.08. The maximum absolute atomic E-state index is 12.3. The van der Waals surface area contributed by atoms with Crippen LogP contribution in [0.3, 0.4) is 0 Å². The van der Waals surface area contributed by atoms with Gasteiger partial charge in [0.25, 0.3) is 10.1 Å². The maximum atomic E-state index is 12.3. The van der Waals surface area contributed by atoms with E-state index in [4.69, 9.17) is 9.29 Å². The fourth-order valence-corrected chi connectivity index (χ4v) is 1.70. The first-order chi connectivity index (χ1) is 11.0. The first kappa shape index (κ1) is 20.0. The number of benzene rings is 1. The number of hydrogen-bond acceptors (Lipinski definition) is 7. The molecule has 0 spiro atoms. The van der Waals surface area contributed by atoms with Crippen LogP contribution in [0, 0.1) is 0 Å². The van der Waals surface area contributed by atoms with Gasteiger partial charge in [0.1, 0.15) is 12.4 Å². The first-order valence-corrected chi connectivity index (χ1v) is 7.76. The highest BCUT2D eigenvalue weighted by Gasteiger charge is 2.32. The minimum atomic E-state index is -4.97. The minimum Gasteiger partial charge on any atom is -0.464 e. The summed E-state index contributed by atoms with van der Waals surface area (Å²) in [5.41, 5.74) is -0.217. The topological polar surface area (TPSA) is 108 Å². The molecule has 0 aliphatic carbocycles. The number of alkyl halides is 3. The van der Waals surface area contributed by atoms with E-state index in [2.05, 4.69) is 14.2 Å². The average Bonchev–Trinajstić information content (AvgIpc) is 2.43. The van der Waals surface area contributed by atoms with Crippen LogP contribution >= 0.6 is 0 Å². The van der Waals surface area contributed by atoms with Crippen LogP contribution in [-0.4, -0.2) is 51.6 Å². The minimum absolute atomic E-state index is 0.217. The molecule has 0 atom stereocenters. The third-order valence-electron chi connectivity index (χ3n) is 2.31. The molecule has 24 heavy (non-hydrogen) atoms. The van der Waals surface area contributed by atoms with Gasteiger partial charge in [0, 0.05) is 7.11 Å². The lowest BCUT2D eigenvalue weighted by molar-refractivity contribution is -0.275. The van der Waals surface area contributed by atoms with Gasteiger partial charge in [-0.3, -0.25) is 4.55 Å². The number of halogens is 3. The molecule has 1 aromatic rings. The summed E-state index contributed by atoms with van der Waals surface area (Å²) >= 11 is 0. The zero-order valence-electron chi connectivity index (χ0n) is 12.2. The lowest BCUT2D eigenvalue weighted by Gasteiger charge is -2.14. The second-order valence-electron chi connectivity index (χ2n) is 4.18. The van der Waals surface area contributed by atoms with E-state index < -0.39 is 53.1 Å². The lowest BCUT2D eigenvalue weighted by Crippen LogP contribution is -2.18. The average molecular weight is 374 g/mol. The Balaban J connectivity index is 2.90. The molecule has 136 valence electrons.